The minimum Gasteiger partial charge on any atom is -0.365 e. The van der Waals surface area contributed by atoms with Crippen molar-refractivity contribution in [3.8, 4) is 11.3 Å². The van der Waals surface area contributed by atoms with Crippen LogP contribution < -0.4 is 11.1 Å². The molecule has 0 spiro atoms. The van der Waals surface area contributed by atoms with Gasteiger partial charge < -0.3 is 16.0 Å². The van der Waals surface area contributed by atoms with E-state index in [4.69, 9.17) is 17.3 Å². The van der Waals surface area contributed by atoms with Gasteiger partial charge in [-0.1, -0.05) is 29.8 Å². The van der Waals surface area contributed by atoms with Crippen LogP contribution in [0.1, 0.15) is 21.6 Å². The largest absolute Gasteiger partial charge is 0.365 e. The molecular formula is C21H19ClFN5O2. The number of benzene rings is 2. The summed E-state index contributed by atoms with van der Waals surface area (Å²) in [6, 6.07) is 11.1. The number of rotatable bonds is 3. The van der Waals surface area contributed by atoms with Gasteiger partial charge >= 0.3 is 6.03 Å². The molecule has 0 aliphatic carbocycles. The molecular weight excluding hydrogens is 409 g/mol. The van der Waals surface area contributed by atoms with E-state index >= 15 is 0 Å². The van der Waals surface area contributed by atoms with E-state index in [1.54, 1.807) is 48.0 Å². The molecule has 0 bridgehead atoms. The first-order valence-electron chi connectivity index (χ1n) is 9.31. The quantitative estimate of drug-likeness (QED) is 0.665. The molecule has 3 aromatic rings. The average Bonchev–Trinajstić information content (AvgIpc) is 3.10. The number of fused-ring (bicyclic) bond motifs is 1. The number of carbonyl (C=O) groups excluding carboxylic acids is 2. The molecule has 0 unspecified atom stereocenters. The van der Waals surface area contributed by atoms with Crippen molar-refractivity contribution in [1.29, 1.82) is 0 Å². The van der Waals surface area contributed by atoms with Crippen LogP contribution in [0.4, 0.5) is 14.9 Å². The molecule has 30 heavy (non-hydrogen) atoms. The number of aromatic nitrogens is 2. The highest BCUT2D eigenvalue weighted by atomic mass is 35.5. The van der Waals surface area contributed by atoms with Gasteiger partial charge in [-0.2, -0.15) is 5.10 Å². The lowest BCUT2D eigenvalue weighted by molar-refractivity contribution is 0.0997. The number of hydrogen-bond acceptors (Lipinski definition) is 3. The number of halogens is 2. The van der Waals surface area contributed by atoms with Crippen molar-refractivity contribution in [3.63, 3.8) is 0 Å². The molecule has 2 aromatic carbocycles. The molecule has 1 aromatic heterocycles. The van der Waals surface area contributed by atoms with Gasteiger partial charge in [0.15, 0.2) is 0 Å². The molecule has 0 saturated carbocycles. The number of anilines is 1. The Balaban J connectivity index is 1.62. The van der Waals surface area contributed by atoms with Gasteiger partial charge in [-0.05, 0) is 36.8 Å². The third kappa shape index (κ3) is 3.73. The van der Waals surface area contributed by atoms with Crippen molar-refractivity contribution >= 4 is 29.2 Å². The Morgan fingerprint density at radius 3 is 2.70 bits per heavy atom. The Kier molecular flexibility index (Phi) is 5.17. The van der Waals surface area contributed by atoms with Crippen LogP contribution in [-0.4, -0.2) is 33.2 Å². The minimum atomic E-state index is -0.630. The standard InChI is InChI=1S/C21H19ClFN5O2/c1-12-5-6-15(10-16(12)23)25-21(30)27-7-8-28-17(11-27)18(20(24)29)19(26-28)13-3-2-4-14(22)9-13/h2-6,9-10H,7-8,11H2,1H3,(H2,24,29)(H,25,30). The Morgan fingerprint density at radius 2 is 2.00 bits per heavy atom. The van der Waals surface area contributed by atoms with Crippen molar-refractivity contribution in [1.82, 2.24) is 14.7 Å². The summed E-state index contributed by atoms with van der Waals surface area (Å²) in [6.07, 6.45) is 0. The fourth-order valence-electron chi connectivity index (χ4n) is 3.46. The number of primary amides is 1. The second-order valence-electron chi connectivity index (χ2n) is 7.08. The number of aryl methyl sites for hydroxylation is 1. The SMILES string of the molecule is Cc1ccc(NC(=O)N2CCn3nc(-c4cccc(Cl)c4)c(C(N)=O)c3C2)cc1F. The maximum absolute atomic E-state index is 13.8. The summed E-state index contributed by atoms with van der Waals surface area (Å²) < 4.78 is 15.5. The molecule has 154 valence electrons. The first-order valence-corrected chi connectivity index (χ1v) is 9.69. The summed E-state index contributed by atoms with van der Waals surface area (Å²) in [5.74, 6) is -1.03. The lowest BCUT2D eigenvalue weighted by Crippen LogP contribution is -2.41. The lowest BCUT2D eigenvalue weighted by atomic mass is 10.0. The van der Waals surface area contributed by atoms with E-state index in [0.29, 0.717) is 46.3 Å². The predicted molar refractivity (Wildman–Crippen MR) is 112 cm³/mol. The van der Waals surface area contributed by atoms with Crippen LogP contribution >= 0.6 is 11.6 Å². The lowest BCUT2D eigenvalue weighted by Gasteiger charge is -2.28. The minimum absolute atomic E-state index is 0.145. The van der Waals surface area contributed by atoms with Crippen LogP contribution in [0.5, 0.6) is 0 Å². The molecule has 3 N–H and O–H groups in total. The van der Waals surface area contributed by atoms with E-state index < -0.39 is 17.8 Å². The van der Waals surface area contributed by atoms with E-state index in [1.165, 1.54) is 11.0 Å². The highest BCUT2D eigenvalue weighted by molar-refractivity contribution is 6.30. The third-order valence-electron chi connectivity index (χ3n) is 5.03. The summed E-state index contributed by atoms with van der Waals surface area (Å²) in [4.78, 5) is 26.5. The molecule has 2 heterocycles. The zero-order valence-corrected chi connectivity index (χ0v) is 16.9. The molecule has 3 amide bonds. The zero-order valence-electron chi connectivity index (χ0n) is 16.2. The molecule has 0 fully saturated rings. The number of nitrogens with one attached hydrogen (secondary N) is 1. The van der Waals surface area contributed by atoms with E-state index in [-0.39, 0.29) is 12.1 Å². The Morgan fingerprint density at radius 1 is 1.20 bits per heavy atom. The first kappa shape index (κ1) is 19.9. The van der Waals surface area contributed by atoms with Crippen LogP contribution in [0.2, 0.25) is 5.02 Å². The van der Waals surface area contributed by atoms with Gasteiger partial charge in [0.2, 0.25) is 0 Å². The Labute approximate surface area is 177 Å². The number of nitrogens with zero attached hydrogens (tertiary/aromatic N) is 3. The highest BCUT2D eigenvalue weighted by Gasteiger charge is 2.29. The van der Waals surface area contributed by atoms with Gasteiger partial charge in [0.1, 0.15) is 11.5 Å². The van der Waals surface area contributed by atoms with Crippen molar-refractivity contribution < 1.29 is 14.0 Å². The van der Waals surface area contributed by atoms with Crippen LogP contribution in [0.25, 0.3) is 11.3 Å². The first-order chi connectivity index (χ1) is 14.3. The maximum atomic E-state index is 13.8. The summed E-state index contributed by atoms with van der Waals surface area (Å²) in [5.41, 5.74) is 8.42. The third-order valence-corrected chi connectivity index (χ3v) is 5.27. The molecule has 0 radical (unpaired) electrons. The predicted octanol–water partition coefficient (Wildman–Crippen LogP) is 3.80. The van der Waals surface area contributed by atoms with Gasteiger partial charge in [0, 0.05) is 22.8 Å². The number of nitrogens with two attached hydrogens (primary N) is 1. The Hall–Kier alpha value is -3.39. The van der Waals surface area contributed by atoms with Crippen molar-refractivity contribution in [2.45, 2.75) is 20.0 Å². The van der Waals surface area contributed by atoms with E-state index in [0.717, 1.165) is 0 Å². The summed E-state index contributed by atoms with van der Waals surface area (Å²) in [5, 5.41) is 7.73. The monoisotopic (exact) mass is 427 g/mol. The number of hydrogen-bond donors (Lipinski definition) is 2. The van der Waals surface area contributed by atoms with Crippen molar-refractivity contribution in [2.75, 3.05) is 11.9 Å². The van der Waals surface area contributed by atoms with Gasteiger partial charge in [-0.15, -0.1) is 0 Å². The molecule has 1 aliphatic rings. The number of carbonyl (C=O) groups is 2. The van der Waals surface area contributed by atoms with E-state index in [9.17, 15) is 14.0 Å². The molecule has 7 nitrogen and oxygen atoms in total. The van der Waals surface area contributed by atoms with Crippen LogP contribution in [-0.2, 0) is 13.1 Å². The number of urea groups is 1. The molecule has 1 aliphatic heterocycles. The van der Waals surface area contributed by atoms with Gasteiger partial charge in [0.05, 0.1) is 24.3 Å². The molecule has 0 saturated heterocycles. The van der Waals surface area contributed by atoms with Gasteiger partial charge in [-0.3, -0.25) is 9.48 Å². The summed E-state index contributed by atoms with van der Waals surface area (Å²) >= 11 is 6.08. The second-order valence-corrected chi connectivity index (χ2v) is 7.52. The van der Waals surface area contributed by atoms with Gasteiger partial charge in [0.25, 0.3) is 5.91 Å². The number of amides is 3. The zero-order chi connectivity index (χ0) is 21.4. The van der Waals surface area contributed by atoms with Crippen LogP contribution in [0.3, 0.4) is 0 Å². The average molecular weight is 428 g/mol. The maximum Gasteiger partial charge on any atom is 0.322 e. The van der Waals surface area contributed by atoms with Gasteiger partial charge in [-0.25, -0.2) is 9.18 Å². The topological polar surface area (TPSA) is 93.2 Å². The van der Waals surface area contributed by atoms with Crippen LogP contribution in [0, 0.1) is 12.7 Å². The fourth-order valence-corrected chi connectivity index (χ4v) is 3.65. The van der Waals surface area contributed by atoms with Crippen molar-refractivity contribution in [2.24, 2.45) is 5.73 Å². The smallest absolute Gasteiger partial charge is 0.322 e. The molecule has 0 atom stereocenters. The normalized spacial score (nSPS) is 13.1. The van der Waals surface area contributed by atoms with E-state index in [2.05, 4.69) is 10.4 Å². The summed E-state index contributed by atoms with van der Waals surface area (Å²) in [6.45, 7) is 2.56. The fraction of sp³-hybridized carbons (Fsp3) is 0.190. The highest BCUT2D eigenvalue weighted by Crippen LogP contribution is 2.30. The molecule has 4 rings (SSSR count). The second kappa shape index (κ2) is 7.79. The van der Waals surface area contributed by atoms with Crippen molar-refractivity contribution in [3.05, 3.63) is 70.1 Å². The van der Waals surface area contributed by atoms with Crippen LogP contribution in [0.15, 0.2) is 42.5 Å². The Bertz CT molecular complexity index is 1160. The summed E-state index contributed by atoms with van der Waals surface area (Å²) in [7, 11) is 0. The molecule has 9 heteroatoms. The van der Waals surface area contributed by atoms with E-state index in [1.807, 2.05) is 0 Å².